The van der Waals surface area contributed by atoms with Crippen molar-refractivity contribution < 1.29 is 14.6 Å². The summed E-state index contributed by atoms with van der Waals surface area (Å²) in [6.45, 7) is 2.63. The van der Waals surface area contributed by atoms with Crippen LogP contribution in [0.3, 0.4) is 0 Å². The molecule has 4 nitrogen and oxygen atoms in total. The fraction of sp³-hybridized carbons (Fsp3) is 0.562. The third-order valence-electron chi connectivity index (χ3n) is 4.40. The lowest BCUT2D eigenvalue weighted by Gasteiger charge is -2.32. The molecule has 1 atom stereocenters. The van der Waals surface area contributed by atoms with Gasteiger partial charge < -0.3 is 14.7 Å². The van der Waals surface area contributed by atoms with Crippen LogP contribution in [-0.2, 0) is 16.0 Å². The second-order valence-electron chi connectivity index (χ2n) is 5.79. The molecular weight excluding hydrogens is 254 g/mol. The number of carboxylic acids is 1. The van der Waals surface area contributed by atoms with Gasteiger partial charge in [-0.2, -0.15) is 0 Å². The Morgan fingerprint density at radius 1 is 1.30 bits per heavy atom. The van der Waals surface area contributed by atoms with Gasteiger partial charge in [0.15, 0.2) is 0 Å². The van der Waals surface area contributed by atoms with Gasteiger partial charge in [0.25, 0.3) is 0 Å². The van der Waals surface area contributed by atoms with Crippen molar-refractivity contribution in [3.05, 3.63) is 29.8 Å². The zero-order valence-electron chi connectivity index (χ0n) is 11.6. The summed E-state index contributed by atoms with van der Waals surface area (Å²) in [6.07, 6.45) is 3.24. The van der Waals surface area contributed by atoms with Gasteiger partial charge in [-0.1, -0.05) is 18.2 Å². The minimum absolute atomic E-state index is 0.104. The van der Waals surface area contributed by atoms with Gasteiger partial charge >= 0.3 is 5.97 Å². The van der Waals surface area contributed by atoms with E-state index < -0.39 is 5.97 Å². The van der Waals surface area contributed by atoms with Crippen molar-refractivity contribution in [1.82, 2.24) is 0 Å². The zero-order chi connectivity index (χ0) is 13.9. The van der Waals surface area contributed by atoms with Crippen LogP contribution in [0.2, 0.25) is 0 Å². The van der Waals surface area contributed by atoms with E-state index in [9.17, 15) is 4.79 Å². The Labute approximate surface area is 119 Å². The molecule has 0 radical (unpaired) electrons. The van der Waals surface area contributed by atoms with Crippen molar-refractivity contribution >= 4 is 11.7 Å². The highest BCUT2D eigenvalue weighted by Gasteiger charge is 2.32. The number of para-hydroxylation sites is 1. The van der Waals surface area contributed by atoms with E-state index in [1.165, 1.54) is 11.3 Å². The molecule has 0 spiro atoms. The van der Waals surface area contributed by atoms with Crippen LogP contribution in [0.4, 0.5) is 5.69 Å². The highest BCUT2D eigenvalue weighted by Crippen LogP contribution is 2.35. The summed E-state index contributed by atoms with van der Waals surface area (Å²) < 4.78 is 5.41. The molecule has 2 heterocycles. The number of fused-ring (bicyclic) bond motifs is 1. The number of anilines is 1. The topological polar surface area (TPSA) is 49.8 Å². The number of benzene rings is 1. The quantitative estimate of drug-likeness (QED) is 0.916. The summed E-state index contributed by atoms with van der Waals surface area (Å²) in [4.78, 5) is 13.4. The first-order valence-corrected chi connectivity index (χ1v) is 7.38. The van der Waals surface area contributed by atoms with E-state index >= 15 is 0 Å². The van der Waals surface area contributed by atoms with Crippen LogP contribution >= 0.6 is 0 Å². The first-order chi connectivity index (χ1) is 9.74. The molecule has 2 aliphatic heterocycles. The Morgan fingerprint density at radius 2 is 2.05 bits per heavy atom. The molecule has 1 fully saturated rings. The van der Waals surface area contributed by atoms with Crippen LogP contribution in [0.25, 0.3) is 0 Å². The molecular formula is C16H21NO3. The van der Waals surface area contributed by atoms with E-state index in [-0.39, 0.29) is 12.5 Å². The molecule has 0 saturated carbocycles. The highest BCUT2D eigenvalue weighted by molar-refractivity contribution is 5.70. The average molecular weight is 275 g/mol. The molecule has 108 valence electrons. The Bertz CT molecular complexity index is 482. The second kappa shape index (κ2) is 5.83. The Balaban J connectivity index is 1.77. The van der Waals surface area contributed by atoms with Gasteiger partial charge in [0, 0.05) is 31.5 Å². The predicted molar refractivity (Wildman–Crippen MR) is 77.1 cm³/mol. The van der Waals surface area contributed by atoms with Gasteiger partial charge in [-0.3, -0.25) is 4.79 Å². The molecule has 4 heteroatoms. The molecule has 1 aromatic carbocycles. The van der Waals surface area contributed by atoms with E-state index in [0.29, 0.717) is 5.92 Å². The summed E-state index contributed by atoms with van der Waals surface area (Å²) >= 11 is 0. The molecule has 0 amide bonds. The number of aliphatic carboxylic acids is 1. The molecule has 1 aromatic rings. The monoisotopic (exact) mass is 275 g/mol. The third-order valence-corrected chi connectivity index (χ3v) is 4.40. The van der Waals surface area contributed by atoms with Crippen molar-refractivity contribution in [2.75, 3.05) is 24.7 Å². The summed E-state index contributed by atoms with van der Waals surface area (Å²) in [5, 5.41) is 9.13. The van der Waals surface area contributed by atoms with Crippen molar-refractivity contribution in [3.63, 3.8) is 0 Å². The van der Waals surface area contributed by atoms with Crippen LogP contribution in [-0.4, -0.2) is 36.9 Å². The Kier molecular flexibility index (Phi) is 3.92. The van der Waals surface area contributed by atoms with E-state index in [2.05, 4.69) is 17.0 Å². The lowest BCUT2D eigenvalue weighted by molar-refractivity contribution is -0.137. The lowest BCUT2D eigenvalue weighted by Crippen LogP contribution is -2.39. The minimum atomic E-state index is -0.709. The standard InChI is InChI=1S/C16H21NO3/c18-16(19)10-14-9-13-3-1-2-4-15(13)17(14)11-12-5-7-20-8-6-12/h1-4,12,14H,5-11H2,(H,18,19). The first-order valence-electron chi connectivity index (χ1n) is 7.38. The van der Waals surface area contributed by atoms with Gasteiger partial charge in [-0.05, 0) is 36.8 Å². The van der Waals surface area contributed by atoms with E-state index in [4.69, 9.17) is 9.84 Å². The van der Waals surface area contributed by atoms with Crippen LogP contribution in [0.5, 0.6) is 0 Å². The van der Waals surface area contributed by atoms with Crippen molar-refractivity contribution in [1.29, 1.82) is 0 Å². The van der Waals surface area contributed by atoms with E-state index in [1.807, 2.05) is 12.1 Å². The molecule has 1 unspecified atom stereocenters. The van der Waals surface area contributed by atoms with E-state index in [0.717, 1.165) is 39.0 Å². The summed E-state index contributed by atoms with van der Waals surface area (Å²) in [7, 11) is 0. The van der Waals surface area contributed by atoms with E-state index in [1.54, 1.807) is 0 Å². The smallest absolute Gasteiger partial charge is 0.305 e. The molecule has 1 saturated heterocycles. The van der Waals surface area contributed by atoms with Gasteiger partial charge in [-0.25, -0.2) is 0 Å². The Hall–Kier alpha value is -1.55. The van der Waals surface area contributed by atoms with Crippen LogP contribution < -0.4 is 4.90 Å². The molecule has 0 aromatic heterocycles. The molecule has 0 aliphatic carbocycles. The average Bonchev–Trinajstić information content (AvgIpc) is 2.77. The number of rotatable bonds is 4. The van der Waals surface area contributed by atoms with Crippen LogP contribution in [0.1, 0.15) is 24.8 Å². The number of hydrogen-bond acceptors (Lipinski definition) is 3. The second-order valence-corrected chi connectivity index (χ2v) is 5.79. The summed E-state index contributed by atoms with van der Waals surface area (Å²) in [5.74, 6) is -0.0917. The number of nitrogens with zero attached hydrogens (tertiary/aromatic N) is 1. The van der Waals surface area contributed by atoms with Gasteiger partial charge in [0.2, 0.25) is 0 Å². The van der Waals surface area contributed by atoms with Gasteiger partial charge in [0.05, 0.1) is 6.42 Å². The zero-order valence-corrected chi connectivity index (χ0v) is 11.6. The number of carboxylic acid groups (broad SMARTS) is 1. The maximum Gasteiger partial charge on any atom is 0.305 e. The summed E-state index contributed by atoms with van der Waals surface area (Å²) in [5.41, 5.74) is 2.51. The summed E-state index contributed by atoms with van der Waals surface area (Å²) in [6, 6.07) is 8.42. The number of carbonyl (C=O) groups is 1. The predicted octanol–water partition coefficient (Wildman–Crippen LogP) is 2.32. The minimum Gasteiger partial charge on any atom is -0.481 e. The van der Waals surface area contributed by atoms with Crippen LogP contribution in [0.15, 0.2) is 24.3 Å². The maximum absolute atomic E-state index is 11.1. The molecule has 20 heavy (non-hydrogen) atoms. The molecule has 0 bridgehead atoms. The van der Waals surface area contributed by atoms with Crippen molar-refractivity contribution in [2.45, 2.75) is 31.7 Å². The SMILES string of the molecule is O=C(O)CC1Cc2ccccc2N1CC1CCOCC1. The van der Waals surface area contributed by atoms with Gasteiger partial charge in [-0.15, -0.1) is 0 Å². The number of hydrogen-bond donors (Lipinski definition) is 1. The fourth-order valence-electron chi connectivity index (χ4n) is 3.36. The largest absolute Gasteiger partial charge is 0.481 e. The maximum atomic E-state index is 11.1. The molecule has 1 N–H and O–H groups in total. The number of ether oxygens (including phenoxy) is 1. The molecule has 3 rings (SSSR count). The third kappa shape index (κ3) is 2.80. The highest BCUT2D eigenvalue weighted by atomic mass is 16.5. The Morgan fingerprint density at radius 3 is 2.80 bits per heavy atom. The normalized spacial score (nSPS) is 22.8. The fourth-order valence-corrected chi connectivity index (χ4v) is 3.36. The lowest BCUT2D eigenvalue weighted by atomic mass is 9.99. The van der Waals surface area contributed by atoms with Gasteiger partial charge in [0.1, 0.15) is 0 Å². The molecule has 2 aliphatic rings. The first kappa shape index (κ1) is 13.4. The van der Waals surface area contributed by atoms with Crippen molar-refractivity contribution in [3.8, 4) is 0 Å². The van der Waals surface area contributed by atoms with Crippen LogP contribution in [0, 0.1) is 5.92 Å². The van der Waals surface area contributed by atoms with Crippen molar-refractivity contribution in [2.24, 2.45) is 5.92 Å².